The van der Waals surface area contributed by atoms with E-state index in [9.17, 15) is 10.1 Å². The first kappa shape index (κ1) is 20.5. The monoisotopic (exact) mass is 407 g/mol. The fourth-order valence-corrected chi connectivity index (χ4v) is 3.61. The predicted octanol–water partition coefficient (Wildman–Crippen LogP) is 4.86. The number of aryl methyl sites for hydroxylation is 2. The van der Waals surface area contributed by atoms with Crippen molar-refractivity contribution in [1.82, 2.24) is 9.36 Å². The topological polar surface area (TPSA) is 96.1 Å². The van der Waals surface area contributed by atoms with Crippen molar-refractivity contribution in [2.75, 3.05) is 0 Å². The third-order valence-electron chi connectivity index (χ3n) is 4.29. The van der Waals surface area contributed by atoms with E-state index >= 15 is 0 Å². The van der Waals surface area contributed by atoms with Crippen LogP contribution in [0.3, 0.4) is 0 Å². The van der Waals surface area contributed by atoms with Gasteiger partial charge in [-0.25, -0.2) is 4.98 Å². The number of aromatic nitrogens is 2. The Morgan fingerprint density at radius 3 is 2.72 bits per heavy atom. The summed E-state index contributed by atoms with van der Waals surface area (Å²) in [6, 6.07) is 13.4. The van der Waals surface area contributed by atoms with Crippen LogP contribution in [0.15, 0.2) is 36.4 Å². The molecule has 3 rings (SSSR count). The van der Waals surface area contributed by atoms with Gasteiger partial charge >= 0.3 is 5.97 Å². The quantitative estimate of drug-likeness (QED) is 0.601. The third-order valence-corrected chi connectivity index (χ3v) is 5.06. The number of nitrogens with zero attached hydrogens (tertiary/aromatic N) is 3. The van der Waals surface area contributed by atoms with E-state index in [0.29, 0.717) is 23.6 Å². The first-order valence-corrected chi connectivity index (χ1v) is 10.0. The number of aliphatic carboxylic acids is 1. The van der Waals surface area contributed by atoms with Gasteiger partial charge in [-0.15, -0.1) is 0 Å². The van der Waals surface area contributed by atoms with Crippen LogP contribution in [0.1, 0.15) is 37.0 Å². The molecule has 7 heteroatoms. The van der Waals surface area contributed by atoms with E-state index in [-0.39, 0.29) is 12.5 Å². The van der Waals surface area contributed by atoms with Gasteiger partial charge in [0.15, 0.2) is 5.82 Å². The van der Waals surface area contributed by atoms with Crippen molar-refractivity contribution in [2.24, 2.45) is 0 Å². The second-order valence-electron chi connectivity index (χ2n) is 6.96. The predicted molar refractivity (Wildman–Crippen MR) is 112 cm³/mol. The largest absolute Gasteiger partial charge is 0.490 e. The highest BCUT2D eigenvalue weighted by atomic mass is 32.1. The lowest BCUT2D eigenvalue weighted by atomic mass is 10.0. The smallest absolute Gasteiger partial charge is 0.303 e. The second kappa shape index (κ2) is 8.84. The fourth-order valence-electron chi connectivity index (χ4n) is 2.94. The summed E-state index contributed by atoms with van der Waals surface area (Å²) in [5.74, 6) is 0.371. The average molecular weight is 407 g/mol. The minimum atomic E-state index is -0.806. The molecule has 0 saturated heterocycles. The maximum atomic E-state index is 10.8. The van der Waals surface area contributed by atoms with Crippen LogP contribution in [0.4, 0.5) is 0 Å². The Balaban J connectivity index is 1.86. The summed E-state index contributed by atoms with van der Waals surface area (Å²) in [6.07, 6.45) is 0.589. The van der Waals surface area contributed by atoms with Crippen molar-refractivity contribution < 1.29 is 14.6 Å². The van der Waals surface area contributed by atoms with Gasteiger partial charge in [-0.2, -0.15) is 9.64 Å². The van der Waals surface area contributed by atoms with E-state index in [4.69, 9.17) is 9.84 Å². The molecule has 2 aromatic carbocycles. The lowest BCUT2D eigenvalue weighted by molar-refractivity contribution is -0.136. The summed E-state index contributed by atoms with van der Waals surface area (Å²) < 4.78 is 10.1. The van der Waals surface area contributed by atoms with Crippen LogP contribution in [0.25, 0.3) is 22.0 Å². The number of nitriles is 1. The molecule has 0 aliphatic heterocycles. The molecule has 0 bridgehead atoms. The molecule has 0 saturated carbocycles. The zero-order valence-electron chi connectivity index (χ0n) is 16.5. The lowest BCUT2D eigenvalue weighted by Gasteiger charge is -2.11. The molecule has 148 valence electrons. The minimum Gasteiger partial charge on any atom is -0.490 e. The van der Waals surface area contributed by atoms with E-state index in [2.05, 4.69) is 15.4 Å². The summed E-state index contributed by atoms with van der Waals surface area (Å²) >= 11 is 1.27. The van der Waals surface area contributed by atoms with Crippen LogP contribution in [-0.2, 0) is 11.2 Å². The molecule has 0 spiro atoms. The number of carbonyl (C=O) groups is 1. The van der Waals surface area contributed by atoms with Crippen molar-refractivity contribution in [3.8, 4) is 33.8 Å². The Hall–Kier alpha value is -3.24. The summed E-state index contributed by atoms with van der Waals surface area (Å²) in [5, 5.41) is 19.0. The van der Waals surface area contributed by atoms with Gasteiger partial charge in [0, 0.05) is 17.5 Å². The molecular weight excluding hydrogens is 386 g/mol. The molecule has 0 unspecified atom stereocenters. The van der Waals surface area contributed by atoms with Gasteiger partial charge in [0.1, 0.15) is 16.8 Å². The Labute approximate surface area is 173 Å². The molecular formula is C22H21N3O3S. The molecule has 1 heterocycles. The second-order valence-corrected chi connectivity index (χ2v) is 7.71. The van der Waals surface area contributed by atoms with Crippen LogP contribution in [0.5, 0.6) is 5.75 Å². The average Bonchev–Trinajstić information content (AvgIpc) is 3.16. The van der Waals surface area contributed by atoms with E-state index in [1.807, 2.05) is 45.0 Å². The first-order chi connectivity index (χ1) is 13.9. The number of benzene rings is 2. The molecule has 3 aromatic rings. The van der Waals surface area contributed by atoms with Gasteiger partial charge in [-0.05, 0) is 68.1 Å². The highest BCUT2D eigenvalue weighted by Crippen LogP contribution is 2.31. The maximum absolute atomic E-state index is 10.8. The van der Waals surface area contributed by atoms with E-state index in [1.165, 1.54) is 11.5 Å². The van der Waals surface area contributed by atoms with Gasteiger partial charge in [0.05, 0.1) is 11.7 Å². The Bertz CT molecular complexity index is 1080. The van der Waals surface area contributed by atoms with Gasteiger partial charge < -0.3 is 9.84 Å². The summed E-state index contributed by atoms with van der Waals surface area (Å²) in [6.45, 7) is 5.80. The summed E-state index contributed by atoms with van der Waals surface area (Å²) in [5.41, 5.74) is 4.16. The normalized spacial score (nSPS) is 10.7. The summed E-state index contributed by atoms with van der Waals surface area (Å²) in [7, 11) is 0. The van der Waals surface area contributed by atoms with Crippen molar-refractivity contribution >= 4 is 17.5 Å². The molecule has 1 N–H and O–H groups in total. The highest BCUT2D eigenvalue weighted by Gasteiger charge is 2.14. The molecule has 29 heavy (non-hydrogen) atoms. The zero-order valence-corrected chi connectivity index (χ0v) is 17.3. The number of hydrogen-bond donors (Lipinski definition) is 1. The maximum Gasteiger partial charge on any atom is 0.303 e. The molecule has 0 atom stereocenters. The lowest BCUT2D eigenvalue weighted by Crippen LogP contribution is -2.06. The van der Waals surface area contributed by atoms with Gasteiger partial charge in [-0.3, -0.25) is 4.79 Å². The SMILES string of the molecule is Cc1cc(CCC(=O)O)ccc1-c1nsc(-c2ccc(OC(C)C)c(C#N)c2)n1. The molecule has 0 aliphatic rings. The fraction of sp³-hybridized carbons (Fsp3) is 0.273. The van der Waals surface area contributed by atoms with Gasteiger partial charge in [0.25, 0.3) is 0 Å². The standard InChI is InChI=1S/C22H21N3O3S/c1-13(2)28-19-8-6-16(11-17(19)12-23)22-24-21(25-29-22)18-7-4-15(10-14(18)3)5-9-20(26)27/h4,6-8,10-11,13H,5,9H2,1-3H3,(H,26,27). The van der Waals surface area contributed by atoms with Crippen molar-refractivity contribution in [3.63, 3.8) is 0 Å². The third kappa shape index (κ3) is 4.98. The van der Waals surface area contributed by atoms with Crippen LogP contribution in [0, 0.1) is 18.3 Å². The number of carboxylic acid groups (broad SMARTS) is 1. The Morgan fingerprint density at radius 2 is 2.07 bits per heavy atom. The van der Waals surface area contributed by atoms with Crippen LogP contribution in [0.2, 0.25) is 0 Å². The number of rotatable bonds is 7. The Kier molecular flexibility index (Phi) is 6.25. The number of ether oxygens (including phenoxy) is 1. The van der Waals surface area contributed by atoms with Crippen molar-refractivity contribution in [3.05, 3.63) is 53.1 Å². The highest BCUT2D eigenvalue weighted by molar-refractivity contribution is 7.09. The van der Waals surface area contributed by atoms with Crippen LogP contribution < -0.4 is 4.74 Å². The van der Waals surface area contributed by atoms with E-state index in [0.717, 1.165) is 27.3 Å². The van der Waals surface area contributed by atoms with Crippen LogP contribution in [-0.4, -0.2) is 26.5 Å². The van der Waals surface area contributed by atoms with Crippen molar-refractivity contribution in [1.29, 1.82) is 5.26 Å². The Morgan fingerprint density at radius 1 is 1.28 bits per heavy atom. The number of carboxylic acids is 1. The molecule has 0 amide bonds. The van der Waals surface area contributed by atoms with E-state index in [1.54, 1.807) is 12.1 Å². The first-order valence-electron chi connectivity index (χ1n) is 9.24. The molecule has 0 fully saturated rings. The van der Waals surface area contributed by atoms with Crippen molar-refractivity contribution in [2.45, 2.75) is 39.7 Å². The van der Waals surface area contributed by atoms with E-state index < -0.39 is 5.97 Å². The molecule has 1 aromatic heterocycles. The zero-order chi connectivity index (χ0) is 21.0. The molecule has 6 nitrogen and oxygen atoms in total. The summed E-state index contributed by atoms with van der Waals surface area (Å²) in [4.78, 5) is 15.4. The van der Waals surface area contributed by atoms with Gasteiger partial charge in [0.2, 0.25) is 0 Å². The molecule has 0 aliphatic carbocycles. The van der Waals surface area contributed by atoms with Crippen LogP contribution >= 0.6 is 11.5 Å². The van der Waals surface area contributed by atoms with Gasteiger partial charge in [-0.1, -0.05) is 18.2 Å². The minimum absolute atomic E-state index is 0.0115. The molecule has 0 radical (unpaired) electrons. The number of hydrogen-bond acceptors (Lipinski definition) is 6.